The molecule has 0 saturated carbocycles. The lowest BCUT2D eigenvalue weighted by Crippen LogP contribution is -1.46. The van der Waals surface area contributed by atoms with Gasteiger partial charge in [0.05, 0.1) is 0 Å². The van der Waals surface area contributed by atoms with E-state index in [4.69, 9.17) is 0 Å². The van der Waals surface area contributed by atoms with Gasteiger partial charge in [0, 0.05) is 0 Å². The summed E-state index contributed by atoms with van der Waals surface area (Å²) in [5.41, 5.74) is 0. The predicted octanol–water partition coefficient (Wildman–Crippen LogP) is 4.11. The normalized spacial score (nSPS) is 9.73. The summed E-state index contributed by atoms with van der Waals surface area (Å²) in [4.78, 5) is 0. The second-order valence-electron chi connectivity index (χ2n) is 2.05. The Hall–Kier alpha value is -0.780. The molecule has 0 unspecified atom stereocenters. The van der Waals surface area contributed by atoms with Gasteiger partial charge in [0.2, 0.25) is 0 Å². The molecule has 0 nitrogen and oxygen atoms in total. The van der Waals surface area contributed by atoms with Gasteiger partial charge in [-0.05, 0) is 19.8 Å². The molecule has 0 aliphatic carbocycles. The molecule has 0 radical (unpaired) electrons. The van der Waals surface area contributed by atoms with E-state index < -0.39 is 0 Å². The van der Waals surface area contributed by atoms with Crippen molar-refractivity contribution in [2.45, 2.75) is 33.6 Å². The third-order valence-corrected chi connectivity index (χ3v) is 0.979. The van der Waals surface area contributed by atoms with Gasteiger partial charge < -0.3 is 0 Å². The second kappa shape index (κ2) is 16.1. The van der Waals surface area contributed by atoms with E-state index in [1.807, 2.05) is 13.0 Å². The topological polar surface area (TPSA) is 0 Å². The highest BCUT2D eigenvalue weighted by molar-refractivity contribution is 4.96. The van der Waals surface area contributed by atoms with Crippen LogP contribution < -0.4 is 0 Å². The first-order valence-electron chi connectivity index (χ1n) is 4.22. The largest absolute Gasteiger partial charge is 0.0991 e. The van der Waals surface area contributed by atoms with Gasteiger partial charge in [-0.15, -0.1) is 0 Å². The van der Waals surface area contributed by atoms with Crippen molar-refractivity contribution in [1.29, 1.82) is 0 Å². The van der Waals surface area contributed by atoms with E-state index in [0.717, 1.165) is 12.8 Å². The van der Waals surface area contributed by atoms with Gasteiger partial charge in [0.25, 0.3) is 0 Å². The third-order valence-electron chi connectivity index (χ3n) is 0.979. The summed E-state index contributed by atoms with van der Waals surface area (Å²) in [6.07, 6.45) is 12.2. The first-order valence-corrected chi connectivity index (χ1v) is 4.22. The molecule has 0 N–H and O–H groups in total. The van der Waals surface area contributed by atoms with E-state index in [-0.39, 0.29) is 0 Å². The maximum atomic E-state index is 3.51. The molecule has 0 aromatic carbocycles. The summed E-state index contributed by atoms with van der Waals surface area (Å²) >= 11 is 0. The molecule has 0 spiro atoms. The van der Waals surface area contributed by atoms with E-state index in [1.165, 1.54) is 0 Å². The summed E-state index contributed by atoms with van der Waals surface area (Å²) in [6, 6.07) is 0. The fraction of sp³-hybridized carbons (Fsp3) is 0.455. The monoisotopic (exact) mass is 152 g/mol. The third kappa shape index (κ3) is 27.0. The molecule has 0 bridgehead atoms. The lowest BCUT2D eigenvalue weighted by molar-refractivity contribution is 1.22. The number of rotatable bonds is 3. The standard InChI is InChI=1S/C6H10.C5H10/c1-3-5-6-4-2;1-3-5-4-2/h3,5-6H,1,4H2,2H3;3,5H,4H2,1-2H3/b6-5+;5-3+. The predicted molar refractivity (Wildman–Crippen MR) is 54.7 cm³/mol. The van der Waals surface area contributed by atoms with Crippen molar-refractivity contribution in [1.82, 2.24) is 0 Å². The highest BCUT2D eigenvalue weighted by Gasteiger charge is 1.55. The van der Waals surface area contributed by atoms with Crippen LogP contribution in [-0.2, 0) is 0 Å². The molecule has 0 heteroatoms. The Bertz CT molecular complexity index is 107. The van der Waals surface area contributed by atoms with Gasteiger partial charge in [-0.1, -0.05) is 50.8 Å². The lowest BCUT2D eigenvalue weighted by atomic mass is 10.4. The van der Waals surface area contributed by atoms with Gasteiger partial charge in [-0.2, -0.15) is 0 Å². The van der Waals surface area contributed by atoms with Gasteiger partial charge >= 0.3 is 0 Å². The van der Waals surface area contributed by atoms with Gasteiger partial charge in [0.1, 0.15) is 0 Å². The van der Waals surface area contributed by atoms with E-state index in [0.29, 0.717) is 0 Å². The van der Waals surface area contributed by atoms with E-state index in [9.17, 15) is 0 Å². The molecule has 0 amide bonds. The quantitative estimate of drug-likeness (QED) is 0.421. The number of allylic oxidation sites excluding steroid dienone is 5. The van der Waals surface area contributed by atoms with Crippen LogP contribution in [0.25, 0.3) is 0 Å². The minimum Gasteiger partial charge on any atom is -0.0991 e. The molecule has 0 rings (SSSR count). The fourth-order valence-corrected chi connectivity index (χ4v) is 0.468. The Morgan fingerprint density at radius 1 is 1.09 bits per heavy atom. The number of hydrogen-bond acceptors (Lipinski definition) is 0. The first-order chi connectivity index (χ1) is 5.33. The van der Waals surface area contributed by atoms with Crippen molar-refractivity contribution in [2.75, 3.05) is 0 Å². The summed E-state index contributed by atoms with van der Waals surface area (Å²) in [5, 5.41) is 0. The summed E-state index contributed by atoms with van der Waals surface area (Å²) < 4.78 is 0. The van der Waals surface area contributed by atoms with Crippen molar-refractivity contribution in [3.63, 3.8) is 0 Å². The highest BCUT2D eigenvalue weighted by atomic mass is 13.6. The summed E-state index contributed by atoms with van der Waals surface area (Å²) in [7, 11) is 0. The molecule has 0 aromatic rings. The molecule has 11 heavy (non-hydrogen) atoms. The maximum absolute atomic E-state index is 3.51. The Morgan fingerprint density at radius 2 is 1.64 bits per heavy atom. The van der Waals surface area contributed by atoms with Crippen LogP contribution in [0, 0.1) is 0 Å². The lowest BCUT2D eigenvalue weighted by Gasteiger charge is -1.67. The zero-order valence-corrected chi connectivity index (χ0v) is 8.01. The van der Waals surface area contributed by atoms with Crippen LogP contribution in [0.3, 0.4) is 0 Å². The molecule has 0 saturated heterocycles. The molecule has 0 atom stereocenters. The van der Waals surface area contributed by atoms with Gasteiger partial charge in [-0.3, -0.25) is 0 Å². The zero-order chi connectivity index (χ0) is 8.95. The molecule has 0 heterocycles. The van der Waals surface area contributed by atoms with E-state index in [1.54, 1.807) is 6.08 Å². The molecule has 0 fully saturated rings. The van der Waals surface area contributed by atoms with Crippen LogP contribution in [0.2, 0.25) is 0 Å². The minimum atomic E-state index is 1.10. The molecular formula is C11H20. The SMILES string of the molecule is C/C=C/CC.C=C/C=C/CC. The van der Waals surface area contributed by atoms with Crippen molar-refractivity contribution in [3.8, 4) is 0 Å². The Labute approximate surface area is 71.3 Å². The molecule has 0 aliphatic rings. The van der Waals surface area contributed by atoms with E-state index in [2.05, 4.69) is 38.7 Å². The maximum Gasteiger partial charge on any atom is -0.0376 e. The average Bonchev–Trinajstić information content (AvgIpc) is 2.04. The van der Waals surface area contributed by atoms with Crippen LogP contribution >= 0.6 is 0 Å². The van der Waals surface area contributed by atoms with Gasteiger partial charge in [0.15, 0.2) is 0 Å². The molecule has 64 valence electrons. The molecular weight excluding hydrogens is 132 g/mol. The summed E-state index contributed by atoms with van der Waals surface area (Å²) in [6.45, 7) is 9.76. The average molecular weight is 152 g/mol. The second-order valence-corrected chi connectivity index (χ2v) is 2.05. The van der Waals surface area contributed by atoms with Crippen molar-refractivity contribution >= 4 is 0 Å². The van der Waals surface area contributed by atoms with Crippen LogP contribution in [-0.4, -0.2) is 0 Å². The van der Waals surface area contributed by atoms with Crippen LogP contribution in [0.5, 0.6) is 0 Å². The minimum absolute atomic E-state index is 1.10. The highest BCUT2D eigenvalue weighted by Crippen LogP contribution is 1.76. The van der Waals surface area contributed by atoms with Crippen molar-refractivity contribution in [3.05, 3.63) is 37.0 Å². The Balaban J connectivity index is 0. The van der Waals surface area contributed by atoms with Crippen molar-refractivity contribution in [2.24, 2.45) is 0 Å². The smallest absolute Gasteiger partial charge is 0.0376 e. The van der Waals surface area contributed by atoms with Crippen LogP contribution in [0.1, 0.15) is 33.6 Å². The summed E-state index contributed by atoms with van der Waals surface area (Å²) in [5.74, 6) is 0. The van der Waals surface area contributed by atoms with Crippen LogP contribution in [0.4, 0.5) is 0 Å². The molecule has 0 aliphatic heterocycles. The Morgan fingerprint density at radius 3 is 1.73 bits per heavy atom. The van der Waals surface area contributed by atoms with Crippen molar-refractivity contribution < 1.29 is 0 Å². The zero-order valence-electron chi connectivity index (χ0n) is 8.01. The van der Waals surface area contributed by atoms with E-state index >= 15 is 0 Å². The first kappa shape index (κ1) is 12.9. The van der Waals surface area contributed by atoms with Gasteiger partial charge in [-0.25, -0.2) is 0 Å². The number of hydrogen-bond donors (Lipinski definition) is 0. The fourth-order valence-electron chi connectivity index (χ4n) is 0.468. The van der Waals surface area contributed by atoms with Crippen LogP contribution in [0.15, 0.2) is 37.0 Å². The Kier molecular flexibility index (Phi) is 18.8. The molecule has 0 aromatic heterocycles.